The standard InChI is InChI=1S/C19H30N4O2S/c1-20-18(23-13-12-19(15-23)10-4-3-5-11-19)22-14-16-6-8-17(9-7-16)26(24,25)21-2/h6-9,21H,3-5,10-15H2,1-2H3,(H,20,22). The molecule has 2 N–H and O–H groups in total. The van der Waals surface area contributed by atoms with Crippen LogP contribution in [0.1, 0.15) is 44.1 Å². The highest BCUT2D eigenvalue weighted by Gasteiger charge is 2.39. The van der Waals surface area contributed by atoms with Gasteiger partial charge in [0.1, 0.15) is 0 Å². The molecule has 2 aliphatic rings. The first-order valence-corrected chi connectivity index (χ1v) is 10.9. The molecular formula is C19H30N4O2S. The van der Waals surface area contributed by atoms with Crippen LogP contribution in [0.5, 0.6) is 0 Å². The van der Waals surface area contributed by atoms with Gasteiger partial charge in [-0.3, -0.25) is 4.99 Å². The lowest BCUT2D eigenvalue weighted by Crippen LogP contribution is -2.41. The molecule has 0 aromatic heterocycles. The maximum Gasteiger partial charge on any atom is 0.240 e. The van der Waals surface area contributed by atoms with Crippen LogP contribution >= 0.6 is 0 Å². The van der Waals surface area contributed by atoms with Gasteiger partial charge in [-0.15, -0.1) is 0 Å². The number of nitrogens with one attached hydrogen (secondary N) is 2. The van der Waals surface area contributed by atoms with Crippen molar-refractivity contribution in [2.75, 3.05) is 27.2 Å². The Morgan fingerprint density at radius 3 is 2.46 bits per heavy atom. The summed E-state index contributed by atoms with van der Waals surface area (Å²) in [6.07, 6.45) is 8.07. The van der Waals surface area contributed by atoms with Crippen molar-refractivity contribution in [3.63, 3.8) is 0 Å². The van der Waals surface area contributed by atoms with Crippen LogP contribution in [0.4, 0.5) is 0 Å². The lowest BCUT2D eigenvalue weighted by atomic mass is 9.73. The third kappa shape index (κ3) is 4.20. The fraction of sp³-hybridized carbons (Fsp3) is 0.632. The van der Waals surface area contributed by atoms with Crippen molar-refractivity contribution >= 4 is 16.0 Å². The van der Waals surface area contributed by atoms with E-state index in [1.807, 2.05) is 19.2 Å². The van der Waals surface area contributed by atoms with Crippen LogP contribution in [0.2, 0.25) is 0 Å². The fourth-order valence-corrected chi connectivity index (χ4v) is 4.97. The van der Waals surface area contributed by atoms with E-state index in [-0.39, 0.29) is 4.90 Å². The summed E-state index contributed by atoms with van der Waals surface area (Å²) >= 11 is 0. The first-order valence-electron chi connectivity index (χ1n) is 9.46. The molecule has 1 aliphatic carbocycles. The molecule has 1 aromatic carbocycles. The largest absolute Gasteiger partial charge is 0.352 e. The van der Waals surface area contributed by atoms with Gasteiger partial charge < -0.3 is 10.2 Å². The zero-order chi connectivity index (χ0) is 18.6. The molecule has 0 unspecified atom stereocenters. The first kappa shape index (κ1) is 19.2. The molecule has 1 aromatic rings. The lowest BCUT2D eigenvalue weighted by molar-refractivity contribution is 0.203. The predicted molar refractivity (Wildman–Crippen MR) is 105 cm³/mol. The monoisotopic (exact) mass is 378 g/mol. The van der Waals surface area contributed by atoms with Crippen LogP contribution in [-0.4, -0.2) is 46.5 Å². The summed E-state index contributed by atoms with van der Waals surface area (Å²) in [5.74, 6) is 0.944. The fourth-order valence-electron chi connectivity index (χ4n) is 4.24. The molecule has 1 saturated heterocycles. The Bertz CT molecular complexity index is 737. The zero-order valence-corrected chi connectivity index (χ0v) is 16.6. The molecule has 1 heterocycles. The van der Waals surface area contributed by atoms with Crippen LogP contribution in [0.25, 0.3) is 0 Å². The minimum atomic E-state index is -3.38. The number of aliphatic imine (C=N–C) groups is 1. The Balaban J connectivity index is 1.58. The van der Waals surface area contributed by atoms with Gasteiger partial charge in [0.25, 0.3) is 0 Å². The summed E-state index contributed by atoms with van der Waals surface area (Å²) in [4.78, 5) is 7.12. The van der Waals surface area contributed by atoms with Crippen molar-refractivity contribution in [2.45, 2.75) is 50.0 Å². The van der Waals surface area contributed by atoms with Crippen molar-refractivity contribution in [1.82, 2.24) is 14.9 Å². The normalized spacial score (nSPS) is 20.5. The van der Waals surface area contributed by atoms with Gasteiger partial charge in [-0.2, -0.15) is 0 Å². The van der Waals surface area contributed by atoms with Crippen LogP contribution in [0.3, 0.4) is 0 Å². The van der Waals surface area contributed by atoms with Gasteiger partial charge in [-0.25, -0.2) is 13.1 Å². The average Bonchev–Trinajstić information content (AvgIpc) is 3.06. The molecule has 2 fully saturated rings. The number of likely N-dealkylation sites (tertiary alicyclic amines) is 1. The Kier molecular flexibility index (Phi) is 5.87. The van der Waals surface area contributed by atoms with E-state index >= 15 is 0 Å². The highest BCUT2D eigenvalue weighted by Crippen LogP contribution is 2.43. The Labute approximate surface area is 157 Å². The second-order valence-corrected chi connectivity index (χ2v) is 9.37. The predicted octanol–water partition coefficient (Wildman–Crippen LogP) is 2.33. The highest BCUT2D eigenvalue weighted by molar-refractivity contribution is 7.89. The first-order chi connectivity index (χ1) is 12.5. The molecule has 7 heteroatoms. The quantitative estimate of drug-likeness (QED) is 0.623. The summed E-state index contributed by atoms with van der Waals surface area (Å²) in [6.45, 7) is 2.81. The van der Waals surface area contributed by atoms with Crippen LogP contribution in [0, 0.1) is 5.41 Å². The maximum atomic E-state index is 11.8. The number of nitrogens with zero attached hydrogens (tertiary/aromatic N) is 2. The van der Waals surface area contributed by atoms with Gasteiger partial charge in [0.05, 0.1) is 4.90 Å². The molecule has 0 atom stereocenters. The minimum Gasteiger partial charge on any atom is -0.352 e. The SMILES string of the molecule is CN=C(NCc1ccc(S(=O)(=O)NC)cc1)N1CCC2(CCCCC2)C1. The van der Waals surface area contributed by atoms with E-state index in [2.05, 4.69) is 19.9 Å². The molecule has 1 saturated carbocycles. The van der Waals surface area contributed by atoms with Gasteiger partial charge in [0.2, 0.25) is 10.0 Å². The third-order valence-corrected chi connectivity index (χ3v) is 7.25. The number of sulfonamides is 1. The van der Waals surface area contributed by atoms with Crippen molar-refractivity contribution in [1.29, 1.82) is 0 Å². The Morgan fingerprint density at radius 2 is 1.85 bits per heavy atom. The molecular weight excluding hydrogens is 348 g/mol. The summed E-state index contributed by atoms with van der Waals surface area (Å²) in [6, 6.07) is 6.96. The second kappa shape index (κ2) is 7.96. The van der Waals surface area contributed by atoms with E-state index in [0.717, 1.165) is 24.6 Å². The van der Waals surface area contributed by atoms with Crippen LogP contribution in [0.15, 0.2) is 34.2 Å². The second-order valence-electron chi connectivity index (χ2n) is 7.48. The van der Waals surface area contributed by atoms with Crippen LogP contribution < -0.4 is 10.0 Å². The Hall–Kier alpha value is -1.60. The van der Waals surface area contributed by atoms with E-state index in [1.54, 1.807) is 12.1 Å². The van der Waals surface area contributed by atoms with Gasteiger partial charge in [0, 0.05) is 26.7 Å². The molecule has 0 radical (unpaired) electrons. The van der Waals surface area contributed by atoms with E-state index in [1.165, 1.54) is 45.6 Å². The molecule has 6 nitrogen and oxygen atoms in total. The van der Waals surface area contributed by atoms with E-state index in [0.29, 0.717) is 12.0 Å². The van der Waals surface area contributed by atoms with Gasteiger partial charge in [-0.1, -0.05) is 31.4 Å². The van der Waals surface area contributed by atoms with Crippen molar-refractivity contribution in [3.05, 3.63) is 29.8 Å². The van der Waals surface area contributed by atoms with Crippen molar-refractivity contribution in [3.8, 4) is 0 Å². The van der Waals surface area contributed by atoms with Gasteiger partial charge in [-0.05, 0) is 49.4 Å². The zero-order valence-electron chi connectivity index (χ0n) is 15.8. The third-order valence-electron chi connectivity index (χ3n) is 5.82. The number of rotatable bonds is 4. The maximum absolute atomic E-state index is 11.8. The average molecular weight is 379 g/mol. The van der Waals surface area contributed by atoms with Crippen molar-refractivity contribution < 1.29 is 8.42 Å². The highest BCUT2D eigenvalue weighted by atomic mass is 32.2. The molecule has 1 spiro atoms. The van der Waals surface area contributed by atoms with Crippen LogP contribution in [-0.2, 0) is 16.6 Å². The minimum absolute atomic E-state index is 0.284. The number of benzene rings is 1. The number of hydrogen-bond donors (Lipinski definition) is 2. The van der Waals surface area contributed by atoms with E-state index < -0.39 is 10.0 Å². The molecule has 26 heavy (non-hydrogen) atoms. The molecule has 0 amide bonds. The van der Waals surface area contributed by atoms with Crippen molar-refractivity contribution in [2.24, 2.45) is 10.4 Å². The van der Waals surface area contributed by atoms with E-state index in [4.69, 9.17) is 0 Å². The Morgan fingerprint density at radius 1 is 1.15 bits per heavy atom. The smallest absolute Gasteiger partial charge is 0.240 e. The van der Waals surface area contributed by atoms with Gasteiger partial charge >= 0.3 is 0 Å². The topological polar surface area (TPSA) is 73.8 Å². The van der Waals surface area contributed by atoms with Gasteiger partial charge in [0.15, 0.2) is 5.96 Å². The summed E-state index contributed by atoms with van der Waals surface area (Å²) < 4.78 is 25.9. The molecule has 1 aliphatic heterocycles. The summed E-state index contributed by atoms with van der Waals surface area (Å²) in [7, 11) is -0.132. The number of guanidine groups is 1. The molecule has 0 bridgehead atoms. The van der Waals surface area contributed by atoms with E-state index in [9.17, 15) is 8.42 Å². The number of hydrogen-bond acceptors (Lipinski definition) is 3. The lowest BCUT2D eigenvalue weighted by Gasteiger charge is -2.33. The summed E-state index contributed by atoms with van der Waals surface area (Å²) in [5, 5.41) is 3.43. The summed E-state index contributed by atoms with van der Waals surface area (Å²) in [5.41, 5.74) is 1.53. The molecule has 144 valence electrons. The molecule has 3 rings (SSSR count).